The van der Waals surface area contributed by atoms with E-state index in [9.17, 15) is 9.35 Å². The van der Waals surface area contributed by atoms with E-state index in [1.807, 2.05) is 6.92 Å². The summed E-state index contributed by atoms with van der Waals surface area (Å²) in [6, 6.07) is 5.35. The molecule has 1 amide bonds. The zero-order chi connectivity index (χ0) is 13.8. The lowest BCUT2D eigenvalue weighted by Crippen LogP contribution is -2.11. The number of nitrogens with zero attached hydrogens (tertiary/aromatic N) is 1. The normalized spacial score (nSPS) is 12.4. The molecular formula is C12H15N3O3S. The number of aromatic amines is 1. The van der Waals surface area contributed by atoms with Crippen LogP contribution < -0.4 is 5.32 Å². The van der Waals surface area contributed by atoms with Gasteiger partial charge in [-0.05, 0) is 29.7 Å². The molecule has 0 saturated heterocycles. The molecule has 0 fully saturated rings. The number of ether oxygens (including phenoxy) is 1. The summed E-state index contributed by atoms with van der Waals surface area (Å²) in [4.78, 5) is 19.0. The highest BCUT2D eigenvalue weighted by atomic mass is 32.2. The molecule has 0 saturated carbocycles. The number of carbonyl (C=O) groups excluding carboxylic acids is 1. The zero-order valence-electron chi connectivity index (χ0n) is 10.7. The maximum atomic E-state index is 11.9. The predicted molar refractivity (Wildman–Crippen MR) is 73.7 cm³/mol. The van der Waals surface area contributed by atoms with Crippen LogP contribution in [0.5, 0.6) is 0 Å². The molecule has 0 aliphatic carbocycles. The fraction of sp³-hybridized carbons (Fsp3) is 0.333. The highest BCUT2D eigenvalue weighted by Gasteiger charge is 2.12. The molecule has 0 bridgehead atoms. The van der Waals surface area contributed by atoms with Gasteiger partial charge >= 0.3 is 6.09 Å². The third-order valence-electron chi connectivity index (χ3n) is 2.51. The molecule has 0 aliphatic rings. The lowest BCUT2D eigenvalue weighted by molar-refractivity contribution is 0.186. The first-order valence-corrected chi connectivity index (χ1v) is 7.19. The van der Waals surface area contributed by atoms with Crippen LogP contribution in [0.15, 0.2) is 23.1 Å². The molecule has 1 aromatic carbocycles. The minimum atomic E-state index is -1.00. The maximum absolute atomic E-state index is 11.9. The van der Waals surface area contributed by atoms with E-state index < -0.39 is 17.3 Å². The molecule has 19 heavy (non-hydrogen) atoms. The van der Waals surface area contributed by atoms with Crippen molar-refractivity contribution in [3.05, 3.63) is 18.2 Å². The van der Waals surface area contributed by atoms with Crippen LogP contribution in [0, 0.1) is 0 Å². The average Bonchev–Trinajstić information content (AvgIpc) is 2.79. The standard InChI is InChI=1S/C12H15N3O3S/c1-3-6-19(17)8-4-5-9-10(7-8)14-11(13-9)15-12(16)18-2/h4-5,7H,3,6H2,1-2H3,(H2,13,14,15,16)/t19-/m0/s1. The fourth-order valence-corrected chi connectivity index (χ4v) is 2.72. The zero-order valence-corrected chi connectivity index (χ0v) is 11.5. The highest BCUT2D eigenvalue weighted by Crippen LogP contribution is 2.20. The monoisotopic (exact) mass is 281 g/mol. The molecule has 2 N–H and O–H groups in total. The first-order valence-electron chi connectivity index (χ1n) is 5.87. The Kier molecular flexibility index (Phi) is 4.28. The maximum Gasteiger partial charge on any atom is 0.413 e. The van der Waals surface area contributed by atoms with E-state index in [2.05, 4.69) is 20.0 Å². The molecule has 102 valence electrons. The summed E-state index contributed by atoms with van der Waals surface area (Å²) in [6.07, 6.45) is 0.275. The summed E-state index contributed by atoms with van der Waals surface area (Å²) in [5, 5.41) is 2.45. The number of hydrogen-bond donors (Lipinski definition) is 2. The van der Waals surface area contributed by atoms with E-state index >= 15 is 0 Å². The second-order valence-corrected chi connectivity index (χ2v) is 5.50. The number of H-pyrrole nitrogens is 1. The second kappa shape index (κ2) is 5.94. The van der Waals surface area contributed by atoms with Crippen LogP contribution >= 0.6 is 0 Å². The van der Waals surface area contributed by atoms with E-state index in [0.717, 1.165) is 16.8 Å². The van der Waals surface area contributed by atoms with Crippen LogP contribution in [-0.2, 0) is 15.9 Å². The Labute approximate surface area is 113 Å². The van der Waals surface area contributed by atoms with Crippen molar-refractivity contribution in [1.29, 1.82) is 0 Å². The van der Waals surface area contributed by atoms with E-state index in [1.54, 1.807) is 18.2 Å². The van der Waals surface area contributed by atoms with Gasteiger partial charge in [-0.25, -0.2) is 9.78 Å². The summed E-state index contributed by atoms with van der Waals surface area (Å²) in [5.74, 6) is 0.938. The van der Waals surface area contributed by atoms with Gasteiger partial charge in [0.25, 0.3) is 0 Å². The predicted octanol–water partition coefficient (Wildman–Crippen LogP) is 2.26. The van der Waals surface area contributed by atoms with Crippen molar-refractivity contribution in [2.75, 3.05) is 18.2 Å². The molecule has 6 nitrogen and oxygen atoms in total. The van der Waals surface area contributed by atoms with Crippen LogP contribution in [-0.4, -0.2) is 33.5 Å². The summed E-state index contributed by atoms with van der Waals surface area (Å²) in [7, 11) is 1.28. The molecule has 0 spiro atoms. The topological polar surface area (TPSA) is 90.1 Å². The molecule has 0 aliphatic heterocycles. The smallest absolute Gasteiger partial charge is 0.413 e. The Morgan fingerprint density at radius 2 is 2.37 bits per heavy atom. The number of anilines is 1. The van der Waals surface area contributed by atoms with Gasteiger partial charge in [-0.2, -0.15) is 0 Å². The van der Waals surface area contributed by atoms with Crippen molar-refractivity contribution in [3.63, 3.8) is 0 Å². The first kappa shape index (κ1) is 13.7. The second-order valence-electron chi connectivity index (χ2n) is 3.93. The number of benzene rings is 1. The van der Waals surface area contributed by atoms with Gasteiger partial charge in [0.2, 0.25) is 5.95 Å². The Morgan fingerprint density at radius 3 is 3.05 bits per heavy atom. The SMILES string of the molecule is CCC[S@+]([O-])c1ccc2nc(NC(=O)OC)[nH]c2c1. The van der Waals surface area contributed by atoms with Gasteiger partial charge in [-0.1, -0.05) is 6.92 Å². The van der Waals surface area contributed by atoms with Gasteiger partial charge in [0.15, 0.2) is 4.90 Å². The molecular weight excluding hydrogens is 266 g/mol. The van der Waals surface area contributed by atoms with Gasteiger partial charge in [0, 0.05) is 6.07 Å². The number of aromatic nitrogens is 2. The van der Waals surface area contributed by atoms with Gasteiger partial charge in [-0.15, -0.1) is 0 Å². The van der Waals surface area contributed by atoms with Crippen molar-refractivity contribution < 1.29 is 14.1 Å². The molecule has 2 aromatic rings. The van der Waals surface area contributed by atoms with Crippen molar-refractivity contribution in [2.24, 2.45) is 0 Å². The Balaban J connectivity index is 2.25. The molecule has 0 unspecified atom stereocenters. The van der Waals surface area contributed by atoms with Crippen LogP contribution in [0.2, 0.25) is 0 Å². The van der Waals surface area contributed by atoms with E-state index in [0.29, 0.717) is 17.2 Å². The van der Waals surface area contributed by atoms with E-state index in [-0.39, 0.29) is 0 Å². The summed E-state index contributed by atoms with van der Waals surface area (Å²) < 4.78 is 16.4. The van der Waals surface area contributed by atoms with Crippen LogP contribution in [0.3, 0.4) is 0 Å². The van der Waals surface area contributed by atoms with Crippen LogP contribution in [0.1, 0.15) is 13.3 Å². The number of amides is 1. The molecule has 1 atom stereocenters. The highest BCUT2D eigenvalue weighted by molar-refractivity contribution is 7.91. The minimum absolute atomic E-state index is 0.306. The largest absolute Gasteiger partial charge is 0.611 e. The van der Waals surface area contributed by atoms with E-state index in [4.69, 9.17) is 0 Å². The van der Waals surface area contributed by atoms with Gasteiger partial charge < -0.3 is 14.3 Å². The number of methoxy groups -OCH3 is 1. The number of rotatable bonds is 4. The van der Waals surface area contributed by atoms with Crippen molar-refractivity contribution in [2.45, 2.75) is 18.2 Å². The average molecular weight is 281 g/mol. The van der Waals surface area contributed by atoms with Gasteiger partial charge in [0.1, 0.15) is 5.75 Å². The van der Waals surface area contributed by atoms with Gasteiger partial charge in [-0.3, -0.25) is 5.32 Å². The summed E-state index contributed by atoms with van der Waals surface area (Å²) in [5.41, 5.74) is 1.43. The van der Waals surface area contributed by atoms with Gasteiger partial charge in [0.05, 0.1) is 18.1 Å². The molecule has 1 heterocycles. The molecule has 1 aromatic heterocycles. The summed E-state index contributed by atoms with van der Waals surface area (Å²) >= 11 is -1.00. The fourth-order valence-electron chi connectivity index (χ4n) is 1.64. The molecule has 7 heteroatoms. The number of fused-ring (bicyclic) bond motifs is 1. The van der Waals surface area contributed by atoms with Crippen molar-refractivity contribution >= 4 is 34.3 Å². The van der Waals surface area contributed by atoms with Crippen molar-refractivity contribution in [1.82, 2.24) is 9.97 Å². The minimum Gasteiger partial charge on any atom is -0.611 e. The Morgan fingerprint density at radius 1 is 1.58 bits per heavy atom. The third-order valence-corrected chi connectivity index (χ3v) is 4.07. The lowest BCUT2D eigenvalue weighted by atomic mass is 10.3. The lowest BCUT2D eigenvalue weighted by Gasteiger charge is -2.08. The summed E-state index contributed by atoms with van der Waals surface area (Å²) in [6.45, 7) is 1.99. The number of carbonyl (C=O) groups is 1. The Bertz CT molecular complexity index is 585. The van der Waals surface area contributed by atoms with E-state index in [1.165, 1.54) is 7.11 Å². The first-order chi connectivity index (χ1) is 9.13. The number of imidazole rings is 1. The van der Waals surface area contributed by atoms with Crippen LogP contribution in [0.25, 0.3) is 11.0 Å². The Hall–Kier alpha value is -1.73. The molecule has 2 rings (SSSR count). The molecule has 0 radical (unpaired) electrons. The quantitative estimate of drug-likeness (QED) is 0.841. The van der Waals surface area contributed by atoms with Crippen LogP contribution in [0.4, 0.5) is 10.7 Å². The third kappa shape index (κ3) is 3.18. The number of nitrogens with one attached hydrogen (secondary N) is 2. The van der Waals surface area contributed by atoms with Crippen molar-refractivity contribution in [3.8, 4) is 0 Å². The number of hydrogen-bond acceptors (Lipinski definition) is 4.